The number of piperidine rings is 1. The molecule has 0 spiro atoms. The summed E-state index contributed by atoms with van der Waals surface area (Å²) in [5.41, 5.74) is 3.98. The molecule has 0 bridgehead atoms. The number of para-hydroxylation sites is 1. The average molecular weight is 475 g/mol. The lowest BCUT2D eigenvalue weighted by atomic mass is 9.92. The topological polar surface area (TPSA) is 47.4 Å². The summed E-state index contributed by atoms with van der Waals surface area (Å²) in [6, 6.07) is 13.1. The molecule has 2 aromatic carbocycles. The molecule has 9 heteroatoms. The first kappa shape index (κ1) is 23.8. The van der Waals surface area contributed by atoms with Crippen molar-refractivity contribution in [3.8, 4) is 11.4 Å². The zero-order valence-corrected chi connectivity index (χ0v) is 18.9. The van der Waals surface area contributed by atoms with Gasteiger partial charge in [0.05, 0.1) is 16.9 Å². The molecule has 0 radical (unpaired) electrons. The number of amides is 1. The number of carbonyl (C=O) groups is 1. The lowest BCUT2D eigenvalue weighted by molar-refractivity contribution is -0.153. The Morgan fingerprint density at radius 3 is 2.47 bits per heavy atom. The lowest BCUT2D eigenvalue weighted by Gasteiger charge is -2.32. The number of halogens is 4. The molecule has 1 fully saturated rings. The first-order valence-corrected chi connectivity index (χ1v) is 11.0. The van der Waals surface area contributed by atoms with Gasteiger partial charge in [-0.15, -0.1) is 0 Å². The van der Waals surface area contributed by atoms with E-state index in [0.717, 1.165) is 34.8 Å². The molecule has 0 unspecified atom stereocenters. The summed E-state index contributed by atoms with van der Waals surface area (Å²) in [5.74, 6) is -1.48. The second-order valence-electron chi connectivity index (χ2n) is 8.52. The van der Waals surface area contributed by atoms with Crippen LogP contribution in [0.5, 0.6) is 5.75 Å². The number of rotatable bonds is 5. The number of nitrogens with zero attached hydrogens (tertiary/aromatic N) is 3. The van der Waals surface area contributed by atoms with E-state index < -0.39 is 30.3 Å². The van der Waals surface area contributed by atoms with Gasteiger partial charge in [0.1, 0.15) is 11.6 Å². The van der Waals surface area contributed by atoms with Gasteiger partial charge in [0.25, 0.3) is 5.91 Å². The Morgan fingerprint density at radius 1 is 1.09 bits per heavy atom. The first-order chi connectivity index (χ1) is 16.1. The average Bonchev–Trinajstić information content (AvgIpc) is 3.18. The van der Waals surface area contributed by atoms with Gasteiger partial charge in [-0.05, 0) is 56.5 Å². The molecule has 3 aromatic rings. The fourth-order valence-corrected chi connectivity index (χ4v) is 4.30. The summed E-state index contributed by atoms with van der Waals surface area (Å²) in [6.07, 6.45) is -3.26. The van der Waals surface area contributed by atoms with Gasteiger partial charge < -0.3 is 9.64 Å². The molecule has 1 aromatic heterocycles. The molecule has 0 saturated carbocycles. The van der Waals surface area contributed by atoms with Crippen LogP contribution in [0.4, 0.5) is 17.6 Å². The van der Waals surface area contributed by atoms with Gasteiger partial charge in [0.15, 0.2) is 6.61 Å². The molecule has 0 aliphatic carbocycles. The minimum atomic E-state index is -4.59. The van der Waals surface area contributed by atoms with E-state index in [1.54, 1.807) is 4.90 Å². The maximum atomic E-state index is 13.6. The highest BCUT2D eigenvalue weighted by Crippen LogP contribution is 2.32. The molecule has 0 atom stereocenters. The van der Waals surface area contributed by atoms with E-state index in [1.807, 2.05) is 42.8 Å². The molecule has 1 amide bonds. The van der Waals surface area contributed by atoms with E-state index in [0.29, 0.717) is 25.9 Å². The fourth-order valence-electron chi connectivity index (χ4n) is 4.30. The summed E-state index contributed by atoms with van der Waals surface area (Å²) in [4.78, 5) is 14.6. The molecule has 34 heavy (non-hydrogen) atoms. The number of benzene rings is 2. The van der Waals surface area contributed by atoms with E-state index in [9.17, 15) is 22.4 Å². The van der Waals surface area contributed by atoms with Crippen molar-refractivity contribution in [1.82, 2.24) is 14.7 Å². The van der Waals surface area contributed by atoms with Crippen molar-refractivity contribution in [2.24, 2.45) is 0 Å². The van der Waals surface area contributed by atoms with Crippen molar-refractivity contribution in [3.05, 3.63) is 76.9 Å². The number of aryl methyl sites for hydroxylation is 2. The fraction of sp³-hybridized carbons (Fsp3) is 0.360. The zero-order chi connectivity index (χ0) is 24.5. The van der Waals surface area contributed by atoms with Crippen molar-refractivity contribution in [2.45, 2.75) is 38.8 Å². The number of alkyl halides is 3. The van der Waals surface area contributed by atoms with Gasteiger partial charge in [-0.3, -0.25) is 4.79 Å². The molecule has 2 heterocycles. The van der Waals surface area contributed by atoms with Crippen LogP contribution in [0.15, 0.2) is 48.5 Å². The zero-order valence-electron chi connectivity index (χ0n) is 18.9. The van der Waals surface area contributed by atoms with Gasteiger partial charge >= 0.3 is 6.18 Å². The SMILES string of the molecule is Cc1cc(C2CCN(C(=O)c3ccc(F)cc3OCC(F)(F)F)CC2)n(-c2ccccc2C)n1. The molecule has 4 rings (SSSR count). The molecule has 0 N–H and O–H groups in total. The maximum Gasteiger partial charge on any atom is 0.422 e. The summed E-state index contributed by atoms with van der Waals surface area (Å²) in [6.45, 7) is 3.20. The Hall–Kier alpha value is -3.36. The molecule has 180 valence electrons. The maximum absolute atomic E-state index is 13.6. The van der Waals surface area contributed by atoms with Crippen LogP contribution in [0.25, 0.3) is 5.69 Å². The summed E-state index contributed by atoms with van der Waals surface area (Å²) >= 11 is 0. The van der Waals surface area contributed by atoms with Crippen LogP contribution in [-0.4, -0.2) is 46.5 Å². The molecule has 5 nitrogen and oxygen atoms in total. The smallest absolute Gasteiger partial charge is 0.422 e. The first-order valence-electron chi connectivity index (χ1n) is 11.0. The van der Waals surface area contributed by atoms with Crippen molar-refractivity contribution < 1.29 is 27.1 Å². The summed E-state index contributed by atoms with van der Waals surface area (Å²) in [7, 11) is 0. The van der Waals surface area contributed by atoms with Crippen molar-refractivity contribution >= 4 is 5.91 Å². The van der Waals surface area contributed by atoms with E-state index in [1.165, 1.54) is 6.07 Å². The highest BCUT2D eigenvalue weighted by molar-refractivity contribution is 5.97. The van der Waals surface area contributed by atoms with Crippen LogP contribution in [-0.2, 0) is 0 Å². The van der Waals surface area contributed by atoms with Crippen LogP contribution in [0.2, 0.25) is 0 Å². The number of ether oxygens (including phenoxy) is 1. The van der Waals surface area contributed by atoms with Crippen LogP contribution in [0.1, 0.15) is 46.1 Å². The minimum absolute atomic E-state index is 0.0788. The predicted octanol–water partition coefficient (Wildman–Crippen LogP) is 5.59. The second kappa shape index (κ2) is 9.48. The molecule has 1 saturated heterocycles. The largest absolute Gasteiger partial charge is 0.483 e. The van der Waals surface area contributed by atoms with Crippen LogP contribution in [0.3, 0.4) is 0 Å². The predicted molar refractivity (Wildman–Crippen MR) is 119 cm³/mol. The molecule has 1 aliphatic heterocycles. The van der Waals surface area contributed by atoms with Crippen molar-refractivity contribution in [1.29, 1.82) is 0 Å². The van der Waals surface area contributed by atoms with Gasteiger partial charge in [-0.25, -0.2) is 9.07 Å². The molecular weight excluding hydrogens is 450 g/mol. The number of likely N-dealkylation sites (tertiary alicyclic amines) is 1. The van der Waals surface area contributed by atoms with Crippen LogP contribution in [0, 0.1) is 19.7 Å². The number of hydrogen-bond acceptors (Lipinski definition) is 3. The number of hydrogen-bond donors (Lipinski definition) is 0. The Balaban J connectivity index is 1.50. The third kappa shape index (κ3) is 5.24. The third-order valence-corrected chi connectivity index (χ3v) is 5.97. The van der Waals surface area contributed by atoms with E-state index in [2.05, 4.69) is 11.2 Å². The Labute approximate surface area is 194 Å². The van der Waals surface area contributed by atoms with Crippen molar-refractivity contribution in [2.75, 3.05) is 19.7 Å². The van der Waals surface area contributed by atoms with Gasteiger partial charge in [-0.2, -0.15) is 18.3 Å². The standard InChI is InChI=1S/C25H25F4N3O2/c1-16-5-3-4-6-21(16)32-22(13-17(2)30-32)18-9-11-31(12-10-18)24(33)20-8-7-19(26)14-23(20)34-15-25(27,28)29/h3-8,13-14,18H,9-12,15H2,1-2H3. The normalized spacial score (nSPS) is 14.9. The minimum Gasteiger partial charge on any atom is -0.483 e. The van der Waals surface area contributed by atoms with E-state index in [-0.39, 0.29) is 11.5 Å². The number of carbonyl (C=O) groups excluding carboxylic acids is 1. The Bertz CT molecular complexity index is 1180. The molecular formula is C25H25F4N3O2. The van der Waals surface area contributed by atoms with E-state index in [4.69, 9.17) is 4.74 Å². The quantitative estimate of drug-likeness (QED) is 0.452. The third-order valence-electron chi connectivity index (χ3n) is 5.97. The van der Waals surface area contributed by atoms with Gasteiger partial charge in [0, 0.05) is 30.8 Å². The van der Waals surface area contributed by atoms with Gasteiger partial charge in [-0.1, -0.05) is 18.2 Å². The monoisotopic (exact) mass is 475 g/mol. The Morgan fingerprint density at radius 2 is 1.79 bits per heavy atom. The lowest BCUT2D eigenvalue weighted by Crippen LogP contribution is -2.38. The van der Waals surface area contributed by atoms with Crippen LogP contribution >= 0.6 is 0 Å². The second-order valence-corrected chi connectivity index (χ2v) is 8.52. The number of aromatic nitrogens is 2. The van der Waals surface area contributed by atoms with Gasteiger partial charge in [0.2, 0.25) is 0 Å². The summed E-state index contributed by atoms with van der Waals surface area (Å²) in [5, 5.41) is 4.67. The highest BCUT2D eigenvalue weighted by atomic mass is 19.4. The van der Waals surface area contributed by atoms with E-state index >= 15 is 0 Å². The van der Waals surface area contributed by atoms with Crippen LogP contribution < -0.4 is 4.74 Å². The highest BCUT2D eigenvalue weighted by Gasteiger charge is 2.31. The van der Waals surface area contributed by atoms with Crippen molar-refractivity contribution in [3.63, 3.8) is 0 Å². The summed E-state index contributed by atoms with van der Waals surface area (Å²) < 4.78 is 58.1. The Kier molecular flexibility index (Phi) is 6.63. The molecule has 1 aliphatic rings.